The zero-order valence-corrected chi connectivity index (χ0v) is 12.0. The fourth-order valence-corrected chi connectivity index (χ4v) is 2.72. The van der Waals surface area contributed by atoms with Gasteiger partial charge in [0, 0.05) is 18.3 Å². The van der Waals surface area contributed by atoms with Gasteiger partial charge in [-0.3, -0.25) is 0 Å². The summed E-state index contributed by atoms with van der Waals surface area (Å²) in [5, 5.41) is 3.22. The Kier molecular flexibility index (Phi) is 4.73. The van der Waals surface area contributed by atoms with Crippen molar-refractivity contribution >= 4 is 12.4 Å². The predicted octanol–water partition coefficient (Wildman–Crippen LogP) is 1.60. The van der Waals surface area contributed by atoms with Gasteiger partial charge in [-0.2, -0.15) is 0 Å². The normalized spacial score (nSPS) is 20.4. The summed E-state index contributed by atoms with van der Waals surface area (Å²) in [4.78, 5) is 2.26. The summed E-state index contributed by atoms with van der Waals surface area (Å²) in [5.74, 6) is 0.592. The molecule has 20 heavy (non-hydrogen) atoms. The molecule has 2 aliphatic rings. The number of hydrogen-bond acceptors (Lipinski definition) is 4. The first-order valence-corrected chi connectivity index (χ1v) is 6.58. The maximum atomic E-state index is 13.3. The topological polar surface area (TPSA) is 50.5 Å². The van der Waals surface area contributed by atoms with Gasteiger partial charge in [-0.15, -0.1) is 12.4 Å². The van der Waals surface area contributed by atoms with Gasteiger partial charge >= 0.3 is 0 Å². The number of fused-ring (bicyclic) bond motifs is 1. The van der Waals surface area contributed by atoms with Crippen molar-refractivity contribution in [1.82, 2.24) is 10.2 Å². The third kappa shape index (κ3) is 2.83. The molecule has 1 atom stereocenters. The molecule has 0 bridgehead atoms. The van der Waals surface area contributed by atoms with Crippen LogP contribution in [-0.2, 0) is 6.42 Å². The van der Waals surface area contributed by atoms with Crippen LogP contribution in [0.1, 0.15) is 12.0 Å². The number of hydrogen-bond donors (Lipinski definition) is 2. The van der Waals surface area contributed by atoms with Gasteiger partial charge < -0.3 is 20.7 Å². The second-order valence-electron chi connectivity index (χ2n) is 4.93. The third-order valence-electron chi connectivity index (χ3n) is 3.65. The second-order valence-corrected chi connectivity index (χ2v) is 4.93. The SMILES string of the molecule is Cl.NCCC1=CNCN1[C@H]1COc2ccc(F)cc2C1. The van der Waals surface area contributed by atoms with Crippen LogP contribution in [0.15, 0.2) is 30.1 Å². The van der Waals surface area contributed by atoms with E-state index in [9.17, 15) is 4.39 Å². The molecule has 0 aromatic heterocycles. The van der Waals surface area contributed by atoms with Crippen LogP contribution in [0.5, 0.6) is 5.75 Å². The number of benzene rings is 1. The Morgan fingerprint density at radius 1 is 1.45 bits per heavy atom. The number of halogens is 2. The summed E-state index contributed by atoms with van der Waals surface area (Å²) in [5.41, 5.74) is 7.77. The van der Waals surface area contributed by atoms with Gasteiger partial charge in [-0.25, -0.2) is 4.39 Å². The molecular formula is C14H19ClFN3O. The molecule has 0 aliphatic carbocycles. The maximum absolute atomic E-state index is 13.3. The Hall–Kier alpha value is -1.46. The summed E-state index contributed by atoms with van der Waals surface area (Å²) in [6.45, 7) is 2.03. The third-order valence-corrected chi connectivity index (χ3v) is 3.65. The first kappa shape index (κ1) is 14.9. The molecule has 2 aliphatic heterocycles. The lowest BCUT2D eigenvalue weighted by atomic mass is 10.0. The van der Waals surface area contributed by atoms with E-state index in [-0.39, 0.29) is 24.3 Å². The van der Waals surface area contributed by atoms with Gasteiger partial charge in [-0.05, 0) is 36.7 Å². The van der Waals surface area contributed by atoms with Gasteiger partial charge in [0.05, 0.1) is 12.7 Å². The van der Waals surface area contributed by atoms with E-state index in [0.29, 0.717) is 13.2 Å². The number of nitrogens with two attached hydrogens (primary N) is 1. The zero-order chi connectivity index (χ0) is 13.2. The Morgan fingerprint density at radius 3 is 3.10 bits per heavy atom. The lowest BCUT2D eigenvalue weighted by Gasteiger charge is -2.34. The Morgan fingerprint density at radius 2 is 2.30 bits per heavy atom. The van der Waals surface area contributed by atoms with Crippen LogP contribution in [-0.4, -0.2) is 30.8 Å². The molecule has 110 valence electrons. The Balaban J connectivity index is 0.00000147. The van der Waals surface area contributed by atoms with Gasteiger partial charge in [0.1, 0.15) is 18.2 Å². The van der Waals surface area contributed by atoms with E-state index in [1.54, 1.807) is 12.1 Å². The van der Waals surface area contributed by atoms with E-state index in [0.717, 1.165) is 30.8 Å². The van der Waals surface area contributed by atoms with Crippen molar-refractivity contribution in [3.8, 4) is 5.75 Å². The molecule has 0 radical (unpaired) electrons. The highest BCUT2D eigenvalue weighted by Gasteiger charge is 2.28. The average Bonchev–Trinajstić information content (AvgIpc) is 2.86. The van der Waals surface area contributed by atoms with Crippen molar-refractivity contribution in [2.75, 3.05) is 19.8 Å². The van der Waals surface area contributed by atoms with Crippen LogP contribution in [0.2, 0.25) is 0 Å². The summed E-state index contributed by atoms with van der Waals surface area (Å²) in [6, 6.07) is 4.95. The van der Waals surface area contributed by atoms with Crippen LogP contribution < -0.4 is 15.8 Å². The van der Waals surface area contributed by atoms with Gasteiger partial charge in [0.2, 0.25) is 0 Å². The number of ether oxygens (including phenoxy) is 1. The van der Waals surface area contributed by atoms with Crippen LogP contribution in [0.25, 0.3) is 0 Å². The molecule has 4 nitrogen and oxygen atoms in total. The number of rotatable bonds is 3. The van der Waals surface area contributed by atoms with Gasteiger partial charge in [-0.1, -0.05) is 0 Å². The zero-order valence-electron chi connectivity index (χ0n) is 11.1. The highest BCUT2D eigenvalue weighted by molar-refractivity contribution is 5.85. The molecule has 6 heteroatoms. The molecule has 1 aromatic carbocycles. The quantitative estimate of drug-likeness (QED) is 0.890. The summed E-state index contributed by atoms with van der Waals surface area (Å²) < 4.78 is 19.0. The summed E-state index contributed by atoms with van der Waals surface area (Å²) in [6.07, 6.45) is 3.66. The molecule has 0 spiro atoms. The number of nitrogens with one attached hydrogen (secondary N) is 1. The molecule has 3 N–H and O–H groups in total. The molecule has 1 aromatic rings. The monoisotopic (exact) mass is 299 g/mol. The van der Waals surface area contributed by atoms with Crippen molar-refractivity contribution in [3.05, 3.63) is 41.5 Å². The van der Waals surface area contributed by atoms with Gasteiger partial charge in [0.15, 0.2) is 0 Å². The molecule has 0 fully saturated rings. The predicted molar refractivity (Wildman–Crippen MR) is 78.2 cm³/mol. The lowest BCUT2D eigenvalue weighted by molar-refractivity contribution is 0.151. The Labute approximate surface area is 124 Å². The minimum Gasteiger partial charge on any atom is -0.491 e. The standard InChI is InChI=1S/C14H18FN3O.ClH/c15-11-1-2-14-10(5-11)6-13(8-19-14)18-9-17-7-12(18)3-4-16;/h1-2,5,7,13,17H,3-4,6,8-9,16H2;1H/t13-;/m1./s1. The smallest absolute Gasteiger partial charge is 0.123 e. The highest BCUT2D eigenvalue weighted by Crippen LogP contribution is 2.29. The van der Waals surface area contributed by atoms with Crippen molar-refractivity contribution in [1.29, 1.82) is 0 Å². The molecule has 3 rings (SSSR count). The molecule has 0 saturated carbocycles. The second kappa shape index (κ2) is 6.33. The van der Waals surface area contributed by atoms with E-state index in [1.807, 2.05) is 6.20 Å². The average molecular weight is 300 g/mol. The van der Waals surface area contributed by atoms with E-state index >= 15 is 0 Å². The van der Waals surface area contributed by atoms with E-state index < -0.39 is 0 Å². The van der Waals surface area contributed by atoms with E-state index in [4.69, 9.17) is 10.5 Å². The van der Waals surface area contributed by atoms with E-state index in [1.165, 1.54) is 11.8 Å². The minimum absolute atomic E-state index is 0. The molecular weight excluding hydrogens is 281 g/mol. The molecule has 0 saturated heterocycles. The maximum Gasteiger partial charge on any atom is 0.123 e. The van der Waals surface area contributed by atoms with Crippen LogP contribution in [0.4, 0.5) is 4.39 Å². The number of nitrogens with zero attached hydrogens (tertiary/aromatic N) is 1. The molecule has 0 unspecified atom stereocenters. The lowest BCUT2D eigenvalue weighted by Crippen LogP contribution is -2.43. The van der Waals surface area contributed by atoms with Crippen molar-refractivity contribution < 1.29 is 9.13 Å². The van der Waals surface area contributed by atoms with Crippen LogP contribution >= 0.6 is 12.4 Å². The first-order chi connectivity index (χ1) is 9.28. The summed E-state index contributed by atoms with van der Waals surface area (Å²) in [7, 11) is 0. The summed E-state index contributed by atoms with van der Waals surface area (Å²) >= 11 is 0. The van der Waals surface area contributed by atoms with Crippen molar-refractivity contribution in [2.24, 2.45) is 5.73 Å². The van der Waals surface area contributed by atoms with Crippen LogP contribution in [0, 0.1) is 5.82 Å². The van der Waals surface area contributed by atoms with Gasteiger partial charge in [0.25, 0.3) is 0 Å². The minimum atomic E-state index is -0.208. The fraction of sp³-hybridized carbons (Fsp3) is 0.429. The first-order valence-electron chi connectivity index (χ1n) is 6.58. The highest BCUT2D eigenvalue weighted by atomic mass is 35.5. The molecule has 0 amide bonds. The molecule has 2 heterocycles. The Bertz CT molecular complexity index is 509. The van der Waals surface area contributed by atoms with Crippen molar-refractivity contribution in [3.63, 3.8) is 0 Å². The van der Waals surface area contributed by atoms with E-state index in [2.05, 4.69) is 10.2 Å². The van der Waals surface area contributed by atoms with Crippen molar-refractivity contribution in [2.45, 2.75) is 18.9 Å². The van der Waals surface area contributed by atoms with Crippen LogP contribution in [0.3, 0.4) is 0 Å². The fourth-order valence-electron chi connectivity index (χ4n) is 2.72. The largest absolute Gasteiger partial charge is 0.491 e.